The molecule has 1 aromatic carbocycles. The molecule has 0 heterocycles. The minimum Gasteiger partial charge on any atom is -0.312 e. The van der Waals surface area contributed by atoms with Gasteiger partial charge in [0.2, 0.25) is 0 Å². The Morgan fingerprint density at radius 1 is 1.15 bits per heavy atom. The number of benzene rings is 1. The van der Waals surface area contributed by atoms with E-state index in [9.17, 15) is 0 Å². The molecule has 1 N–H and O–H groups in total. The summed E-state index contributed by atoms with van der Waals surface area (Å²) in [6.07, 6.45) is 4.00. The summed E-state index contributed by atoms with van der Waals surface area (Å²) >= 11 is 6.02. The van der Waals surface area contributed by atoms with Gasteiger partial charge in [0.25, 0.3) is 0 Å². The van der Waals surface area contributed by atoms with Gasteiger partial charge in [0.1, 0.15) is 0 Å². The first kappa shape index (κ1) is 15.9. The standard InChI is InChI=1S/C18H28ClN/c1-13-5-6-15(12-20-18(2,3)4)17(11-13)14-7-9-16(19)10-8-14/h7-10,13,15,17,20H,5-6,11-12H2,1-4H3. The van der Waals surface area contributed by atoms with E-state index in [4.69, 9.17) is 11.6 Å². The number of hydrogen-bond acceptors (Lipinski definition) is 1. The lowest BCUT2D eigenvalue weighted by Crippen LogP contribution is -2.41. The van der Waals surface area contributed by atoms with E-state index in [2.05, 4.69) is 45.1 Å². The Balaban J connectivity index is 2.10. The van der Waals surface area contributed by atoms with Crippen molar-refractivity contribution in [2.24, 2.45) is 11.8 Å². The third-order valence-electron chi connectivity index (χ3n) is 4.45. The van der Waals surface area contributed by atoms with Crippen LogP contribution in [0.3, 0.4) is 0 Å². The number of hydrogen-bond donors (Lipinski definition) is 1. The highest BCUT2D eigenvalue weighted by Crippen LogP contribution is 2.40. The van der Waals surface area contributed by atoms with Crippen LogP contribution in [0.2, 0.25) is 5.02 Å². The fraction of sp³-hybridized carbons (Fsp3) is 0.667. The summed E-state index contributed by atoms with van der Waals surface area (Å²) in [4.78, 5) is 0. The molecule has 2 rings (SSSR count). The van der Waals surface area contributed by atoms with E-state index in [-0.39, 0.29) is 5.54 Å². The summed E-state index contributed by atoms with van der Waals surface area (Å²) in [5.74, 6) is 2.25. The normalized spacial score (nSPS) is 27.6. The minimum absolute atomic E-state index is 0.202. The van der Waals surface area contributed by atoms with Gasteiger partial charge in [0, 0.05) is 10.6 Å². The van der Waals surface area contributed by atoms with Crippen LogP contribution in [-0.2, 0) is 0 Å². The van der Waals surface area contributed by atoms with Crippen molar-refractivity contribution in [3.8, 4) is 0 Å². The molecule has 0 radical (unpaired) electrons. The molecule has 1 fully saturated rings. The Bertz CT molecular complexity index is 418. The molecule has 1 aliphatic carbocycles. The summed E-state index contributed by atoms with van der Waals surface area (Å²) in [5, 5.41) is 4.53. The Morgan fingerprint density at radius 3 is 2.40 bits per heavy atom. The second kappa shape index (κ2) is 6.49. The summed E-state index contributed by atoms with van der Waals surface area (Å²) < 4.78 is 0. The van der Waals surface area contributed by atoms with Crippen molar-refractivity contribution in [1.82, 2.24) is 5.32 Å². The minimum atomic E-state index is 0.202. The molecule has 3 unspecified atom stereocenters. The van der Waals surface area contributed by atoms with Gasteiger partial charge in [-0.3, -0.25) is 0 Å². The van der Waals surface area contributed by atoms with E-state index >= 15 is 0 Å². The van der Waals surface area contributed by atoms with Gasteiger partial charge >= 0.3 is 0 Å². The highest BCUT2D eigenvalue weighted by molar-refractivity contribution is 6.30. The zero-order valence-corrected chi connectivity index (χ0v) is 14.0. The van der Waals surface area contributed by atoms with Crippen molar-refractivity contribution in [2.45, 2.75) is 58.4 Å². The predicted octanol–water partition coefficient (Wildman–Crippen LogP) is 5.25. The van der Waals surface area contributed by atoms with Crippen molar-refractivity contribution < 1.29 is 0 Å². The van der Waals surface area contributed by atoms with Crippen molar-refractivity contribution in [3.63, 3.8) is 0 Å². The molecule has 0 amide bonds. The van der Waals surface area contributed by atoms with Gasteiger partial charge in [-0.2, -0.15) is 0 Å². The highest BCUT2D eigenvalue weighted by atomic mass is 35.5. The molecule has 0 aromatic heterocycles. The molecule has 3 atom stereocenters. The molecule has 1 aromatic rings. The van der Waals surface area contributed by atoms with Gasteiger partial charge in [-0.15, -0.1) is 0 Å². The van der Waals surface area contributed by atoms with Crippen LogP contribution in [0.1, 0.15) is 58.4 Å². The summed E-state index contributed by atoms with van der Waals surface area (Å²) in [6.45, 7) is 10.2. The maximum Gasteiger partial charge on any atom is 0.0406 e. The molecule has 1 nitrogen and oxygen atoms in total. The largest absolute Gasteiger partial charge is 0.312 e. The monoisotopic (exact) mass is 293 g/mol. The highest BCUT2D eigenvalue weighted by Gasteiger charge is 2.30. The van der Waals surface area contributed by atoms with Crippen LogP contribution in [0, 0.1) is 11.8 Å². The van der Waals surface area contributed by atoms with Crippen LogP contribution < -0.4 is 5.32 Å². The molecular weight excluding hydrogens is 266 g/mol. The Hall–Kier alpha value is -0.530. The fourth-order valence-electron chi connectivity index (χ4n) is 3.24. The lowest BCUT2D eigenvalue weighted by Gasteiger charge is -2.37. The summed E-state index contributed by atoms with van der Waals surface area (Å²) in [7, 11) is 0. The fourth-order valence-corrected chi connectivity index (χ4v) is 3.37. The third kappa shape index (κ3) is 4.49. The topological polar surface area (TPSA) is 12.0 Å². The first-order valence-electron chi connectivity index (χ1n) is 7.85. The number of halogens is 1. The lowest BCUT2D eigenvalue weighted by atomic mass is 9.71. The maximum atomic E-state index is 6.02. The molecule has 0 spiro atoms. The second-order valence-electron chi connectivity index (χ2n) is 7.47. The van der Waals surface area contributed by atoms with E-state index < -0.39 is 0 Å². The maximum absolute atomic E-state index is 6.02. The van der Waals surface area contributed by atoms with Crippen LogP contribution >= 0.6 is 11.6 Å². The molecule has 0 aliphatic heterocycles. The molecule has 0 bridgehead atoms. The lowest BCUT2D eigenvalue weighted by molar-refractivity contribution is 0.227. The van der Waals surface area contributed by atoms with Crippen LogP contribution in [0.4, 0.5) is 0 Å². The molecule has 20 heavy (non-hydrogen) atoms. The van der Waals surface area contributed by atoms with Crippen molar-refractivity contribution >= 4 is 11.6 Å². The van der Waals surface area contributed by atoms with Crippen LogP contribution in [0.15, 0.2) is 24.3 Å². The predicted molar refractivity (Wildman–Crippen MR) is 88.5 cm³/mol. The van der Waals surface area contributed by atoms with E-state index in [1.54, 1.807) is 0 Å². The van der Waals surface area contributed by atoms with Gasteiger partial charge in [0.05, 0.1) is 0 Å². The molecular formula is C18H28ClN. The Kier molecular flexibility index (Phi) is 5.14. The first-order valence-corrected chi connectivity index (χ1v) is 8.23. The molecule has 112 valence electrons. The van der Waals surface area contributed by atoms with E-state index in [0.717, 1.165) is 23.4 Å². The van der Waals surface area contributed by atoms with Gasteiger partial charge < -0.3 is 5.32 Å². The van der Waals surface area contributed by atoms with Gasteiger partial charge in [-0.25, -0.2) is 0 Å². The van der Waals surface area contributed by atoms with Gasteiger partial charge in [-0.05, 0) is 75.6 Å². The van der Waals surface area contributed by atoms with Gasteiger partial charge in [-0.1, -0.05) is 37.1 Å². The van der Waals surface area contributed by atoms with Crippen molar-refractivity contribution in [3.05, 3.63) is 34.9 Å². The molecule has 1 saturated carbocycles. The third-order valence-corrected chi connectivity index (χ3v) is 4.70. The second-order valence-corrected chi connectivity index (χ2v) is 7.90. The summed E-state index contributed by atoms with van der Waals surface area (Å²) in [6, 6.07) is 8.50. The van der Waals surface area contributed by atoms with Crippen molar-refractivity contribution in [2.75, 3.05) is 6.54 Å². The van der Waals surface area contributed by atoms with Gasteiger partial charge in [0.15, 0.2) is 0 Å². The Morgan fingerprint density at radius 2 is 1.80 bits per heavy atom. The van der Waals surface area contributed by atoms with Crippen molar-refractivity contribution in [1.29, 1.82) is 0 Å². The zero-order valence-electron chi connectivity index (χ0n) is 13.2. The zero-order chi connectivity index (χ0) is 14.8. The summed E-state index contributed by atoms with van der Waals surface area (Å²) in [5.41, 5.74) is 1.66. The van der Waals surface area contributed by atoms with Crippen LogP contribution in [0.25, 0.3) is 0 Å². The van der Waals surface area contributed by atoms with Crippen LogP contribution in [0.5, 0.6) is 0 Å². The first-order chi connectivity index (χ1) is 9.35. The molecule has 2 heteroatoms. The average molecular weight is 294 g/mol. The van der Waals surface area contributed by atoms with Crippen LogP contribution in [-0.4, -0.2) is 12.1 Å². The number of rotatable bonds is 3. The quantitative estimate of drug-likeness (QED) is 0.803. The SMILES string of the molecule is CC1CCC(CNC(C)(C)C)C(c2ccc(Cl)cc2)C1. The van der Waals surface area contributed by atoms with E-state index in [1.807, 2.05) is 12.1 Å². The van der Waals surface area contributed by atoms with E-state index in [1.165, 1.54) is 24.8 Å². The van der Waals surface area contributed by atoms with E-state index in [0.29, 0.717) is 5.92 Å². The molecule has 1 aliphatic rings. The smallest absolute Gasteiger partial charge is 0.0406 e. The number of nitrogens with one attached hydrogen (secondary N) is 1. The average Bonchev–Trinajstić information content (AvgIpc) is 2.37. The Labute approximate surface area is 129 Å². The molecule has 0 saturated heterocycles.